The third kappa shape index (κ3) is 6.30. The lowest BCUT2D eigenvalue weighted by atomic mass is 9.28. The molecule has 5 aromatic carbocycles. The Labute approximate surface area is 394 Å². The van der Waals surface area contributed by atoms with Gasteiger partial charge in [-0.2, -0.15) is 0 Å². The van der Waals surface area contributed by atoms with Gasteiger partial charge in [-0.15, -0.1) is 11.3 Å². The summed E-state index contributed by atoms with van der Waals surface area (Å²) in [6, 6.07) is 37.6. The second-order valence-corrected chi connectivity index (χ2v) is 25.7. The molecule has 6 aromatic rings. The van der Waals surface area contributed by atoms with Crippen LogP contribution >= 0.6 is 11.3 Å². The molecule has 0 spiro atoms. The maximum Gasteiger partial charge on any atom is 0.235 e. The summed E-state index contributed by atoms with van der Waals surface area (Å²) in [6.07, 6.45) is 6.80. The van der Waals surface area contributed by atoms with Gasteiger partial charge in [0.25, 0.3) is 0 Å². The van der Waals surface area contributed by atoms with Crippen LogP contribution in [0.5, 0.6) is 0 Å². The minimum Gasteiger partial charge on any atom is -0.338 e. The molecule has 4 unspecified atom stereocenters. The molecular weight excluding hydrogens is 792 g/mol. The highest BCUT2D eigenvalue weighted by Gasteiger charge is 2.59. The molecule has 64 heavy (non-hydrogen) atoms. The molecule has 1 fully saturated rings. The van der Waals surface area contributed by atoms with Crippen LogP contribution in [0.3, 0.4) is 0 Å². The van der Waals surface area contributed by atoms with Gasteiger partial charge < -0.3 is 9.80 Å². The van der Waals surface area contributed by atoms with E-state index in [0.29, 0.717) is 11.5 Å². The van der Waals surface area contributed by atoms with Gasteiger partial charge in [-0.05, 0) is 159 Å². The first-order valence-corrected chi connectivity index (χ1v) is 25.4. The summed E-state index contributed by atoms with van der Waals surface area (Å²) in [4.78, 5) is 5.70. The minimum atomic E-state index is -2.20. The smallest absolute Gasteiger partial charge is 0.235 e. The van der Waals surface area contributed by atoms with E-state index in [1.165, 1.54) is 83.9 Å². The van der Waals surface area contributed by atoms with Gasteiger partial charge in [0.05, 0.1) is 5.69 Å². The first-order valence-electron chi connectivity index (χ1n) is 26.1. The molecule has 4 heteroatoms. The van der Waals surface area contributed by atoms with Gasteiger partial charge in [-0.3, -0.25) is 0 Å². The summed E-state index contributed by atoms with van der Waals surface area (Å²) in [6.45, 7) is 27.3. The first-order chi connectivity index (χ1) is 31.4. The van der Waals surface area contributed by atoms with Gasteiger partial charge in [-0.25, -0.2) is 0 Å². The Morgan fingerprint density at radius 2 is 1.28 bits per heavy atom. The number of hydrogen-bond donors (Lipinski definition) is 0. The second kappa shape index (κ2) is 14.1. The lowest BCUT2D eigenvalue weighted by Crippen LogP contribution is -2.69. The van der Waals surface area contributed by atoms with Gasteiger partial charge >= 0.3 is 0 Å². The van der Waals surface area contributed by atoms with Crippen molar-refractivity contribution in [2.45, 2.75) is 173 Å². The van der Waals surface area contributed by atoms with Crippen molar-refractivity contribution in [1.82, 2.24) is 0 Å². The van der Waals surface area contributed by atoms with E-state index in [4.69, 9.17) is 4.11 Å². The molecule has 5 aliphatic rings. The summed E-state index contributed by atoms with van der Waals surface area (Å²) in [5.74, 6) is 0.726. The number of thiophene rings is 1. The topological polar surface area (TPSA) is 6.48 Å². The minimum absolute atomic E-state index is 0.0228. The third-order valence-corrected chi connectivity index (χ3v) is 18.6. The molecule has 4 atom stereocenters. The van der Waals surface area contributed by atoms with Gasteiger partial charge in [-0.1, -0.05) is 149 Å². The average Bonchev–Trinajstić information content (AvgIpc) is 3.64. The quantitative estimate of drug-likeness (QED) is 0.164. The van der Waals surface area contributed by atoms with E-state index < -0.39 is 6.85 Å². The fraction of sp³-hybridized carbons (Fsp3) is 0.467. The van der Waals surface area contributed by atoms with Gasteiger partial charge in [0.1, 0.15) is 0 Å². The van der Waals surface area contributed by atoms with Crippen LogP contribution in [0.4, 0.5) is 22.7 Å². The largest absolute Gasteiger partial charge is 0.338 e. The molecule has 0 radical (unpaired) electrons. The second-order valence-electron chi connectivity index (χ2n) is 24.6. The molecule has 2 aliphatic heterocycles. The standard InChI is InChI=1S/C60H71BN2S/c1-36-19-26-50-42(31-36)53-55(64-50)61-46-25-24-43-51(60(12,13)30-29-57(43,6)7)54(46)63(49-33-37(2)32-48(52(49)61)62(53)40-22-20-39(21-23-40)56(3,4)5)47-35-45-44(58(8,9)27-28-59(45,10)11)34-41(47)38-17-15-14-16-18-38/h14-26,31,34-35,37,48-49,52H,27-30,32-33H2,1-13H3/i1D3. The predicted molar refractivity (Wildman–Crippen MR) is 280 cm³/mol. The fourth-order valence-electron chi connectivity index (χ4n) is 13.6. The van der Waals surface area contributed by atoms with Crippen molar-refractivity contribution in [3.8, 4) is 11.1 Å². The Hall–Kier alpha value is -4.28. The Kier molecular flexibility index (Phi) is 8.59. The van der Waals surface area contributed by atoms with Gasteiger partial charge in [0, 0.05) is 53.7 Å². The van der Waals surface area contributed by atoms with Crippen molar-refractivity contribution >= 4 is 61.1 Å². The molecule has 0 saturated heterocycles. The fourth-order valence-corrected chi connectivity index (χ4v) is 14.9. The van der Waals surface area contributed by atoms with Crippen molar-refractivity contribution in [3.63, 3.8) is 0 Å². The normalized spacial score (nSPS) is 25.6. The van der Waals surface area contributed by atoms with Crippen LogP contribution in [-0.4, -0.2) is 18.8 Å². The molecule has 2 nitrogen and oxygen atoms in total. The summed E-state index contributed by atoms with van der Waals surface area (Å²) in [7, 11) is 0. The van der Waals surface area contributed by atoms with Crippen molar-refractivity contribution in [2.75, 3.05) is 9.80 Å². The monoisotopic (exact) mass is 866 g/mol. The molecule has 3 aliphatic carbocycles. The molecule has 1 saturated carbocycles. The molecule has 0 N–H and O–H groups in total. The first kappa shape index (κ1) is 38.9. The van der Waals surface area contributed by atoms with Crippen LogP contribution in [0.1, 0.15) is 159 Å². The number of fused-ring (bicyclic) bond motifs is 9. The zero-order valence-electron chi connectivity index (χ0n) is 43.7. The zero-order valence-corrected chi connectivity index (χ0v) is 41.5. The number of anilines is 4. The summed E-state index contributed by atoms with van der Waals surface area (Å²) < 4.78 is 28.3. The van der Waals surface area contributed by atoms with Crippen LogP contribution < -0.4 is 20.0 Å². The number of hydrogen-bond acceptors (Lipinski definition) is 3. The van der Waals surface area contributed by atoms with Crippen molar-refractivity contribution in [3.05, 3.63) is 130 Å². The Morgan fingerprint density at radius 3 is 1.94 bits per heavy atom. The highest BCUT2D eigenvalue weighted by atomic mass is 32.1. The number of nitrogens with zero attached hydrogens (tertiary/aromatic N) is 2. The van der Waals surface area contributed by atoms with E-state index in [9.17, 15) is 0 Å². The van der Waals surface area contributed by atoms with E-state index in [1.807, 2.05) is 23.5 Å². The maximum absolute atomic E-state index is 8.58. The average molecular weight is 866 g/mol. The van der Waals surface area contributed by atoms with Crippen LogP contribution in [-0.2, 0) is 27.1 Å². The number of rotatable bonds is 3. The highest BCUT2D eigenvalue weighted by Crippen LogP contribution is 2.60. The Morgan fingerprint density at radius 1 is 0.656 bits per heavy atom. The molecular formula is C60H71BN2S. The molecule has 0 bridgehead atoms. The molecule has 11 rings (SSSR count). The predicted octanol–water partition coefficient (Wildman–Crippen LogP) is 15.3. The van der Waals surface area contributed by atoms with Crippen LogP contribution in [0.25, 0.3) is 21.2 Å². The third-order valence-electron chi connectivity index (χ3n) is 17.3. The van der Waals surface area contributed by atoms with Crippen molar-refractivity contribution in [2.24, 2.45) is 5.92 Å². The van der Waals surface area contributed by atoms with E-state index >= 15 is 0 Å². The summed E-state index contributed by atoms with van der Waals surface area (Å²) >= 11 is 1.92. The van der Waals surface area contributed by atoms with Crippen LogP contribution in [0.15, 0.2) is 97.1 Å². The molecule has 0 amide bonds. The summed E-state index contributed by atoms with van der Waals surface area (Å²) in [5, 5.41) is 1.08. The molecule has 1 aromatic heterocycles. The van der Waals surface area contributed by atoms with Gasteiger partial charge in [0.15, 0.2) is 0 Å². The van der Waals surface area contributed by atoms with E-state index in [-0.39, 0.29) is 51.7 Å². The van der Waals surface area contributed by atoms with Crippen molar-refractivity contribution < 1.29 is 4.11 Å². The molecule has 330 valence electrons. The zero-order chi connectivity index (χ0) is 47.5. The Balaban J connectivity index is 1.27. The Bertz CT molecular complexity index is 2950. The highest BCUT2D eigenvalue weighted by molar-refractivity contribution is 7.32. The van der Waals surface area contributed by atoms with E-state index in [2.05, 4.69) is 178 Å². The van der Waals surface area contributed by atoms with Crippen LogP contribution in [0.2, 0.25) is 5.82 Å². The van der Waals surface area contributed by atoms with Crippen molar-refractivity contribution in [1.29, 1.82) is 0 Å². The SMILES string of the molecule is [2H]C([2H])([2H])c1ccc2sc3c(c2c1)N(c1ccc(C(C)(C)C)cc1)C1CC(C)CC2C1B3c1ccc3c(c1N2c1cc2c(cc1-c1ccccc1)C(C)(C)CCC2(C)C)C(C)(C)CCC3(C)C. The van der Waals surface area contributed by atoms with E-state index in [1.54, 1.807) is 5.56 Å². The van der Waals surface area contributed by atoms with Gasteiger partial charge in [0.2, 0.25) is 6.71 Å². The summed E-state index contributed by atoms with van der Waals surface area (Å²) in [5.41, 5.74) is 17.2. The van der Waals surface area contributed by atoms with E-state index in [0.717, 1.165) is 31.1 Å². The van der Waals surface area contributed by atoms with Crippen LogP contribution in [0, 0.1) is 12.8 Å². The lowest BCUT2D eigenvalue weighted by Gasteiger charge is -2.60. The molecule has 3 heterocycles. The maximum atomic E-state index is 8.58. The number of benzene rings is 5. The lowest BCUT2D eigenvalue weighted by molar-refractivity contribution is 0.296. The number of aryl methyl sites for hydroxylation is 1.